The van der Waals surface area contributed by atoms with Crippen LogP contribution in [0, 0.1) is 13.8 Å². The molecule has 0 amide bonds. The molecule has 4 heteroatoms. The molecule has 2 rings (SSSR count). The molecule has 0 N–H and O–H groups in total. The van der Waals surface area contributed by atoms with E-state index in [1.165, 1.54) is 11.1 Å². The van der Waals surface area contributed by atoms with E-state index >= 15 is 0 Å². The van der Waals surface area contributed by atoms with E-state index < -0.39 is 0 Å². The van der Waals surface area contributed by atoms with Gasteiger partial charge in [0.15, 0.2) is 0 Å². The van der Waals surface area contributed by atoms with Crippen LogP contribution in [0.2, 0.25) is 5.15 Å². The van der Waals surface area contributed by atoms with Gasteiger partial charge in [-0.3, -0.25) is 0 Å². The molecule has 0 unspecified atom stereocenters. The molecule has 0 radical (unpaired) electrons. The zero-order valence-corrected chi connectivity index (χ0v) is 12.5. The van der Waals surface area contributed by atoms with Gasteiger partial charge in [0.25, 0.3) is 0 Å². The second-order valence-corrected chi connectivity index (χ2v) is 5.05. The molecular formula is C15H18ClN3. The lowest BCUT2D eigenvalue weighted by Crippen LogP contribution is -2.14. The number of halogens is 1. The number of aryl methyl sites for hydroxylation is 3. The summed E-state index contributed by atoms with van der Waals surface area (Å²) in [6.07, 6.45) is 0.772. The van der Waals surface area contributed by atoms with E-state index in [4.69, 9.17) is 11.6 Å². The first kappa shape index (κ1) is 13.8. The Bertz CT molecular complexity index is 596. The molecule has 1 heterocycles. The highest BCUT2D eigenvalue weighted by Crippen LogP contribution is 2.27. The number of benzene rings is 1. The van der Waals surface area contributed by atoms with Gasteiger partial charge in [-0.2, -0.15) is 0 Å². The van der Waals surface area contributed by atoms with Gasteiger partial charge in [-0.05, 0) is 25.5 Å². The number of anilines is 2. The number of rotatable bonds is 3. The molecular weight excluding hydrogens is 258 g/mol. The van der Waals surface area contributed by atoms with Crippen molar-refractivity contribution >= 4 is 23.1 Å². The summed E-state index contributed by atoms with van der Waals surface area (Å²) in [7, 11) is 2.00. The summed E-state index contributed by atoms with van der Waals surface area (Å²) in [5.74, 6) is 1.59. The van der Waals surface area contributed by atoms with Crippen molar-refractivity contribution in [1.82, 2.24) is 9.97 Å². The van der Waals surface area contributed by atoms with Gasteiger partial charge in [0.2, 0.25) is 0 Å². The predicted octanol–water partition coefficient (Wildman–Crippen LogP) is 4.08. The first-order valence-electron chi connectivity index (χ1n) is 6.35. The average molecular weight is 276 g/mol. The van der Waals surface area contributed by atoms with Gasteiger partial charge < -0.3 is 4.90 Å². The Morgan fingerprint density at radius 2 is 1.89 bits per heavy atom. The van der Waals surface area contributed by atoms with Gasteiger partial charge >= 0.3 is 0 Å². The van der Waals surface area contributed by atoms with Crippen molar-refractivity contribution in [3.05, 3.63) is 46.4 Å². The molecule has 1 aromatic carbocycles. The summed E-state index contributed by atoms with van der Waals surface area (Å²) >= 11 is 6.05. The monoisotopic (exact) mass is 275 g/mol. The highest BCUT2D eigenvalue weighted by molar-refractivity contribution is 6.29. The van der Waals surface area contributed by atoms with Crippen LogP contribution in [-0.2, 0) is 6.42 Å². The van der Waals surface area contributed by atoms with Gasteiger partial charge in [0.1, 0.15) is 16.8 Å². The summed E-state index contributed by atoms with van der Waals surface area (Å²) in [5, 5.41) is 0.485. The van der Waals surface area contributed by atoms with Crippen LogP contribution >= 0.6 is 11.6 Å². The van der Waals surface area contributed by atoms with E-state index in [0.717, 1.165) is 23.8 Å². The lowest BCUT2D eigenvalue weighted by molar-refractivity contribution is 0.925. The smallest absolute Gasteiger partial charge is 0.137 e. The molecule has 100 valence electrons. The van der Waals surface area contributed by atoms with Crippen molar-refractivity contribution in [3.63, 3.8) is 0 Å². The number of hydrogen-bond donors (Lipinski definition) is 0. The Morgan fingerprint density at radius 1 is 1.16 bits per heavy atom. The molecule has 3 nitrogen and oxygen atoms in total. The van der Waals surface area contributed by atoms with Crippen molar-refractivity contribution in [2.45, 2.75) is 27.2 Å². The number of hydrogen-bond acceptors (Lipinski definition) is 3. The van der Waals surface area contributed by atoms with Crippen LogP contribution < -0.4 is 4.90 Å². The SMILES string of the molecule is CCc1nc(Cl)cc(N(C)c2ccc(C)cc2C)n1. The van der Waals surface area contributed by atoms with Gasteiger partial charge in [0.05, 0.1) is 0 Å². The van der Waals surface area contributed by atoms with Gasteiger partial charge in [-0.1, -0.05) is 36.2 Å². The molecule has 0 bridgehead atoms. The quantitative estimate of drug-likeness (QED) is 0.791. The summed E-state index contributed by atoms with van der Waals surface area (Å²) in [5.41, 5.74) is 3.60. The third-order valence-corrected chi connectivity index (χ3v) is 3.29. The largest absolute Gasteiger partial charge is 0.329 e. The van der Waals surface area contributed by atoms with Gasteiger partial charge in [-0.25, -0.2) is 9.97 Å². The van der Waals surface area contributed by atoms with Crippen LogP contribution in [0.3, 0.4) is 0 Å². The van der Waals surface area contributed by atoms with Crippen LogP contribution in [0.25, 0.3) is 0 Å². The molecule has 0 saturated heterocycles. The standard InChI is InChI=1S/C15H18ClN3/c1-5-14-17-13(16)9-15(18-14)19(4)12-7-6-10(2)8-11(12)3/h6-9H,5H2,1-4H3. The summed E-state index contributed by atoms with van der Waals surface area (Å²) in [6, 6.07) is 8.16. The first-order valence-corrected chi connectivity index (χ1v) is 6.73. The third kappa shape index (κ3) is 3.04. The fraction of sp³-hybridized carbons (Fsp3) is 0.333. The maximum Gasteiger partial charge on any atom is 0.137 e. The van der Waals surface area contributed by atoms with Crippen molar-refractivity contribution in [2.24, 2.45) is 0 Å². The molecule has 1 aromatic heterocycles. The van der Waals surface area contributed by atoms with Crippen LogP contribution in [0.4, 0.5) is 11.5 Å². The molecule has 0 spiro atoms. The van der Waals surface area contributed by atoms with Gasteiger partial charge in [0, 0.05) is 25.2 Å². The Kier molecular flexibility index (Phi) is 4.05. The van der Waals surface area contributed by atoms with Crippen LogP contribution in [0.15, 0.2) is 24.3 Å². The third-order valence-electron chi connectivity index (χ3n) is 3.10. The molecule has 0 fully saturated rings. The Morgan fingerprint density at radius 3 is 2.53 bits per heavy atom. The van der Waals surface area contributed by atoms with E-state index in [1.807, 2.05) is 18.9 Å². The second kappa shape index (κ2) is 5.57. The van der Waals surface area contributed by atoms with Crippen LogP contribution in [0.1, 0.15) is 23.9 Å². The number of nitrogens with zero attached hydrogens (tertiary/aromatic N) is 3. The fourth-order valence-corrected chi connectivity index (χ4v) is 2.28. The Labute approximate surface area is 119 Å². The zero-order valence-electron chi connectivity index (χ0n) is 11.7. The van der Waals surface area contributed by atoms with E-state index in [0.29, 0.717) is 5.15 Å². The average Bonchev–Trinajstić information content (AvgIpc) is 2.37. The summed E-state index contributed by atoms with van der Waals surface area (Å²) in [6.45, 7) is 6.21. The highest BCUT2D eigenvalue weighted by Gasteiger charge is 2.10. The second-order valence-electron chi connectivity index (χ2n) is 4.67. The molecule has 0 aliphatic rings. The molecule has 0 saturated carbocycles. The predicted molar refractivity (Wildman–Crippen MR) is 80.4 cm³/mol. The van der Waals surface area contributed by atoms with E-state index in [-0.39, 0.29) is 0 Å². The van der Waals surface area contributed by atoms with Crippen molar-refractivity contribution in [2.75, 3.05) is 11.9 Å². The topological polar surface area (TPSA) is 29.0 Å². The Hall–Kier alpha value is -1.61. The lowest BCUT2D eigenvalue weighted by atomic mass is 10.1. The van der Waals surface area contributed by atoms with Crippen molar-refractivity contribution in [1.29, 1.82) is 0 Å². The normalized spacial score (nSPS) is 10.6. The van der Waals surface area contributed by atoms with Crippen LogP contribution in [-0.4, -0.2) is 17.0 Å². The first-order chi connectivity index (χ1) is 9.01. The maximum atomic E-state index is 6.05. The molecule has 0 aliphatic heterocycles. The van der Waals surface area contributed by atoms with E-state index in [1.54, 1.807) is 6.07 Å². The Balaban J connectivity index is 2.43. The lowest BCUT2D eigenvalue weighted by Gasteiger charge is -2.21. The zero-order chi connectivity index (χ0) is 14.0. The van der Waals surface area contributed by atoms with Crippen LogP contribution in [0.5, 0.6) is 0 Å². The van der Waals surface area contributed by atoms with E-state index in [9.17, 15) is 0 Å². The molecule has 0 aliphatic carbocycles. The van der Waals surface area contributed by atoms with Crippen molar-refractivity contribution < 1.29 is 0 Å². The minimum absolute atomic E-state index is 0.485. The molecule has 19 heavy (non-hydrogen) atoms. The number of aromatic nitrogens is 2. The highest BCUT2D eigenvalue weighted by atomic mass is 35.5. The van der Waals surface area contributed by atoms with Gasteiger partial charge in [-0.15, -0.1) is 0 Å². The summed E-state index contributed by atoms with van der Waals surface area (Å²) < 4.78 is 0. The maximum absolute atomic E-state index is 6.05. The molecule has 0 atom stereocenters. The fourth-order valence-electron chi connectivity index (χ4n) is 2.09. The minimum Gasteiger partial charge on any atom is -0.329 e. The molecule has 2 aromatic rings. The summed E-state index contributed by atoms with van der Waals surface area (Å²) in [4.78, 5) is 10.8. The van der Waals surface area contributed by atoms with Crippen molar-refractivity contribution in [3.8, 4) is 0 Å². The minimum atomic E-state index is 0.485. The van der Waals surface area contributed by atoms with E-state index in [2.05, 4.69) is 42.0 Å².